The maximum atomic E-state index is 11.0. The van der Waals surface area contributed by atoms with E-state index >= 15 is 0 Å². The standard InChI is InChI=1S/C13H25NO2S/c1-17(15,16)9-3-8-14-13-5-2-4-12(10-13)11-6-7-11/h11-14H,2-10H2,1H3. The molecule has 0 amide bonds. The number of hydrogen-bond donors (Lipinski definition) is 1. The second-order valence-electron chi connectivity index (χ2n) is 5.90. The van der Waals surface area contributed by atoms with Gasteiger partial charge in [0.25, 0.3) is 0 Å². The molecule has 0 aromatic heterocycles. The quantitative estimate of drug-likeness (QED) is 0.742. The van der Waals surface area contributed by atoms with Crippen LogP contribution >= 0.6 is 0 Å². The SMILES string of the molecule is CS(=O)(=O)CCCNC1CCCC(C2CC2)C1. The highest BCUT2D eigenvalue weighted by atomic mass is 32.2. The average Bonchev–Trinajstić information content (AvgIpc) is 3.07. The van der Waals surface area contributed by atoms with Crippen LogP contribution < -0.4 is 5.32 Å². The van der Waals surface area contributed by atoms with Crippen molar-refractivity contribution in [1.29, 1.82) is 0 Å². The summed E-state index contributed by atoms with van der Waals surface area (Å²) >= 11 is 0. The lowest BCUT2D eigenvalue weighted by molar-refractivity contribution is 0.261. The Morgan fingerprint density at radius 2 is 1.88 bits per heavy atom. The van der Waals surface area contributed by atoms with Gasteiger partial charge >= 0.3 is 0 Å². The van der Waals surface area contributed by atoms with Crippen molar-refractivity contribution in [2.75, 3.05) is 18.6 Å². The van der Waals surface area contributed by atoms with Gasteiger partial charge < -0.3 is 5.32 Å². The molecular formula is C13H25NO2S. The van der Waals surface area contributed by atoms with Gasteiger partial charge in [-0.1, -0.05) is 12.8 Å². The highest BCUT2D eigenvalue weighted by Crippen LogP contribution is 2.43. The Kier molecular flexibility index (Phi) is 4.47. The molecule has 0 radical (unpaired) electrons. The summed E-state index contributed by atoms with van der Waals surface area (Å²) in [5, 5.41) is 3.54. The molecule has 2 unspecified atom stereocenters. The van der Waals surface area contributed by atoms with E-state index in [9.17, 15) is 8.42 Å². The van der Waals surface area contributed by atoms with E-state index in [2.05, 4.69) is 5.32 Å². The van der Waals surface area contributed by atoms with Gasteiger partial charge in [0, 0.05) is 12.3 Å². The number of sulfone groups is 1. The van der Waals surface area contributed by atoms with Crippen LogP contribution in [-0.4, -0.2) is 33.0 Å². The average molecular weight is 259 g/mol. The molecule has 1 N–H and O–H groups in total. The van der Waals surface area contributed by atoms with Gasteiger partial charge in [0.05, 0.1) is 5.75 Å². The second-order valence-corrected chi connectivity index (χ2v) is 8.16. The molecule has 0 bridgehead atoms. The molecule has 4 heteroatoms. The largest absolute Gasteiger partial charge is 0.314 e. The van der Waals surface area contributed by atoms with Crippen LogP contribution in [0.5, 0.6) is 0 Å². The molecule has 17 heavy (non-hydrogen) atoms. The summed E-state index contributed by atoms with van der Waals surface area (Å²) in [5.74, 6) is 2.30. The van der Waals surface area contributed by atoms with E-state index in [1.807, 2.05) is 0 Å². The third kappa shape index (κ3) is 4.96. The van der Waals surface area contributed by atoms with E-state index < -0.39 is 9.84 Å². The molecular weight excluding hydrogens is 234 g/mol. The van der Waals surface area contributed by atoms with Crippen LogP contribution in [0.4, 0.5) is 0 Å². The Bertz CT molecular complexity index is 335. The Morgan fingerprint density at radius 3 is 2.53 bits per heavy atom. The van der Waals surface area contributed by atoms with Crippen molar-refractivity contribution in [2.24, 2.45) is 11.8 Å². The summed E-state index contributed by atoms with van der Waals surface area (Å²) < 4.78 is 22.0. The maximum Gasteiger partial charge on any atom is 0.147 e. The summed E-state index contributed by atoms with van der Waals surface area (Å²) in [6, 6.07) is 0.647. The molecule has 0 aromatic rings. The fraction of sp³-hybridized carbons (Fsp3) is 1.00. The summed E-state index contributed by atoms with van der Waals surface area (Å²) in [4.78, 5) is 0. The first-order valence-electron chi connectivity index (χ1n) is 6.96. The number of rotatable bonds is 6. The van der Waals surface area contributed by atoms with Crippen molar-refractivity contribution in [2.45, 2.75) is 51.0 Å². The number of nitrogens with one attached hydrogen (secondary N) is 1. The molecule has 0 heterocycles. The molecule has 0 spiro atoms. The fourth-order valence-corrected chi connectivity index (χ4v) is 3.72. The zero-order valence-electron chi connectivity index (χ0n) is 10.8. The lowest BCUT2D eigenvalue weighted by Gasteiger charge is -2.30. The molecule has 2 saturated carbocycles. The van der Waals surface area contributed by atoms with Crippen molar-refractivity contribution in [3.8, 4) is 0 Å². The summed E-state index contributed by atoms with van der Waals surface area (Å²) in [6.45, 7) is 0.856. The van der Waals surface area contributed by atoms with Crippen LogP contribution in [0.2, 0.25) is 0 Å². The summed E-state index contributed by atoms with van der Waals surface area (Å²) in [6.07, 6.45) is 10.3. The van der Waals surface area contributed by atoms with Gasteiger partial charge in [0.15, 0.2) is 0 Å². The van der Waals surface area contributed by atoms with Crippen LogP contribution in [0.3, 0.4) is 0 Å². The topological polar surface area (TPSA) is 46.2 Å². The lowest BCUT2D eigenvalue weighted by Crippen LogP contribution is -2.35. The minimum Gasteiger partial charge on any atom is -0.314 e. The zero-order valence-corrected chi connectivity index (χ0v) is 11.6. The highest BCUT2D eigenvalue weighted by molar-refractivity contribution is 7.90. The Hall–Kier alpha value is -0.0900. The van der Waals surface area contributed by atoms with E-state index in [0.717, 1.165) is 24.8 Å². The van der Waals surface area contributed by atoms with Gasteiger partial charge in [-0.15, -0.1) is 0 Å². The lowest BCUT2D eigenvalue weighted by atomic mass is 9.83. The van der Waals surface area contributed by atoms with Crippen molar-refractivity contribution >= 4 is 9.84 Å². The van der Waals surface area contributed by atoms with Crippen LogP contribution in [0.1, 0.15) is 44.9 Å². The Labute approximate surface area is 105 Å². The molecule has 2 fully saturated rings. The van der Waals surface area contributed by atoms with Crippen molar-refractivity contribution in [1.82, 2.24) is 5.32 Å². The van der Waals surface area contributed by atoms with E-state index in [1.54, 1.807) is 0 Å². The van der Waals surface area contributed by atoms with Gasteiger partial charge in [0.2, 0.25) is 0 Å². The minimum absolute atomic E-state index is 0.318. The first kappa shape index (κ1) is 13.3. The minimum atomic E-state index is -2.78. The predicted octanol–water partition coefficient (Wildman–Crippen LogP) is 1.98. The predicted molar refractivity (Wildman–Crippen MR) is 70.8 cm³/mol. The zero-order chi connectivity index (χ0) is 12.3. The third-order valence-electron chi connectivity index (χ3n) is 4.13. The molecule has 0 aliphatic heterocycles. The van der Waals surface area contributed by atoms with Crippen LogP contribution in [-0.2, 0) is 9.84 Å². The van der Waals surface area contributed by atoms with Crippen LogP contribution in [0.25, 0.3) is 0 Å². The van der Waals surface area contributed by atoms with E-state index in [0.29, 0.717) is 11.8 Å². The third-order valence-corrected chi connectivity index (χ3v) is 5.16. The van der Waals surface area contributed by atoms with Crippen molar-refractivity contribution in [3.05, 3.63) is 0 Å². The Morgan fingerprint density at radius 1 is 1.12 bits per heavy atom. The Balaban J connectivity index is 1.61. The molecule has 0 aromatic carbocycles. The van der Waals surface area contributed by atoms with Crippen molar-refractivity contribution in [3.63, 3.8) is 0 Å². The van der Waals surface area contributed by atoms with Gasteiger partial charge in [-0.05, 0) is 50.5 Å². The fourth-order valence-electron chi connectivity index (χ4n) is 3.05. The first-order chi connectivity index (χ1) is 8.04. The normalized spacial score (nSPS) is 30.4. The highest BCUT2D eigenvalue weighted by Gasteiger charge is 2.34. The van der Waals surface area contributed by atoms with Crippen LogP contribution in [0, 0.1) is 11.8 Å². The summed E-state index contributed by atoms with van der Waals surface area (Å²) in [7, 11) is -2.78. The monoisotopic (exact) mass is 259 g/mol. The van der Waals surface area contributed by atoms with Gasteiger partial charge in [-0.2, -0.15) is 0 Å². The smallest absolute Gasteiger partial charge is 0.147 e. The van der Waals surface area contributed by atoms with Gasteiger partial charge in [0.1, 0.15) is 9.84 Å². The van der Waals surface area contributed by atoms with E-state index in [-0.39, 0.29) is 0 Å². The second kappa shape index (κ2) is 5.70. The van der Waals surface area contributed by atoms with E-state index in [4.69, 9.17) is 0 Å². The molecule has 2 aliphatic carbocycles. The van der Waals surface area contributed by atoms with Crippen LogP contribution in [0.15, 0.2) is 0 Å². The number of hydrogen-bond acceptors (Lipinski definition) is 3. The molecule has 0 saturated heterocycles. The molecule has 2 aliphatic rings. The summed E-state index contributed by atoms with van der Waals surface area (Å²) in [5.41, 5.74) is 0. The molecule has 2 rings (SSSR count). The molecule has 3 nitrogen and oxygen atoms in total. The van der Waals surface area contributed by atoms with E-state index in [1.165, 1.54) is 44.8 Å². The van der Waals surface area contributed by atoms with Gasteiger partial charge in [-0.3, -0.25) is 0 Å². The first-order valence-corrected chi connectivity index (χ1v) is 9.02. The van der Waals surface area contributed by atoms with Crippen molar-refractivity contribution < 1.29 is 8.42 Å². The maximum absolute atomic E-state index is 11.0. The molecule has 2 atom stereocenters. The molecule has 100 valence electrons. The van der Waals surface area contributed by atoms with Gasteiger partial charge in [-0.25, -0.2) is 8.42 Å².